The fraction of sp³-hybridized carbons (Fsp3) is 0.111. The molecule has 0 saturated carbocycles. The molecule has 0 aliphatic rings. The molecular weight excluding hydrogens is 308 g/mol. The molecule has 2 rings (SSSR count). The van der Waals surface area contributed by atoms with Crippen molar-refractivity contribution in [3.8, 4) is 23.3 Å². The van der Waals surface area contributed by atoms with Crippen molar-refractivity contribution < 1.29 is 19.4 Å². The quantitative estimate of drug-likeness (QED) is 0.652. The van der Waals surface area contributed by atoms with E-state index in [1.165, 1.54) is 19.3 Å². The Balaban J connectivity index is 2.18. The molecule has 2 aromatic carbocycles. The van der Waals surface area contributed by atoms with Gasteiger partial charge in [0.2, 0.25) is 0 Å². The fourth-order valence-electron chi connectivity index (χ4n) is 1.98. The number of nitriles is 1. The summed E-state index contributed by atoms with van der Waals surface area (Å²) in [5.74, 6) is 0.364. The molecule has 0 radical (unpaired) electrons. The van der Waals surface area contributed by atoms with Gasteiger partial charge < -0.3 is 19.9 Å². The van der Waals surface area contributed by atoms with Crippen LogP contribution in [0.1, 0.15) is 5.56 Å². The van der Waals surface area contributed by atoms with E-state index in [4.69, 9.17) is 9.47 Å². The molecule has 0 aliphatic carbocycles. The predicted molar refractivity (Wildman–Crippen MR) is 89.9 cm³/mol. The summed E-state index contributed by atoms with van der Waals surface area (Å²) in [6, 6.07) is 13.2. The second-order valence-electron chi connectivity index (χ2n) is 4.78. The van der Waals surface area contributed by atoms with Gasteiger partial charge in [-0.25, -0.2) is 0 Å². The largest absolute Gasteiger partial charge is 0.504 e. The number of ether oxygens (including phenoxy) is 2. The van der Waals surface area contributed by atoms with Gasteiger partial charge in [0.15, 0.2) is 11.5 Å². The van der Waals surface area contributed by atoms with Crippen LogP contribution in [0, 0.1) is 11.3 Å². The number of nitrogens with zero attached hydrogens (tertiary/aromatic N) is 1. The minimum atomic E-state index is -0.544. The lowest BCUT2D eigenvalue weighted by Gasteiger charge is -2.06. The summed E-state index contributed by atoms with van der Waals surface area (Å²) >= 11 is 0. The van der Waals surface area contributed by atoms with Crippen LogP contribution in [0.5, 0.6) is 17.2 Å². The summed E-state index contributed by atoms with van der Waals surface area (Å²) in [7, 11) is 2.99. The second kappa shape index (κ2) is 7.70. The van der Waals surface area contributed by atoms with E-state index in [2.05, 4.69) is 5.32 Å². The molecule has 0 aliphatic heterocycles. The average Bonchev–Trinajstić information content (AvgIpc) is 2.60. The van der Waals surface area contributed by atoms with Gasteiger partial charge in [-0.3, -0.25) is 4.79 Å². The maximum Gasteiger partial charge on any atom is 0.266 e. The Labute approximate surface area is 139 Å². The number of rotatable bonds is 5. The first kappa shape index (κ1) is 16.9. The van der Waals surface area contributed by atoms with E-state index in [0.29, 0.717) is 22.7 Å². The van der Waals surface area contributed by atoms with Crippen molar-refractivity contribution in [3.63, 3.8) is 0 Å². The Morgan fingerprint density at radius 2 is 1.88 bits per heavy atom. The molecule has 122 valence electrons. The van der Waals surface area contributed by atoms with Crippen LogP contribution in [0.3, 0.4) is 0 Å². The molecule has 0 aromatic heterocycles. The monoisotopic (exact) mass is 324 g/mol. The number of anilines is 1. The molecule has 1 amide bonds. The van der Waals surface area contributed by atoms with E-state index in [0.717, 1.165) is 0 Å². The third-order valence-corrected chi connectivity index (χ3v) is 3.23. The van der Waals surface area contributed by atoms with Gasteiger partial charge in [0, 0.05) is 5.69 Å². The highest BCUT2D eigenvalue weighted by Gasteiger charge is 2.10. The van der Waals surface area contributed by atoms with Crippen LogP contribution < -0.4 is 14.8 Å². The summed E-state index contributed by atoms with van der Waals surface area (Å²) in [6.07, 6.45) is 1.39. The van der Waals surface area contributed by atoms with Crippen molar-refractivity contribution >= 4 is 17.7 Å². The topological polar surface area (TPSA) is 91.6 Å². The Hall–Kier alpha value is -3.46. The zero-order valence-corrected chi connectivity index (χ0v) is 13.2. The number of amides is 1. The fourth-order valence-corrected chi connectivity index (χ4v) is 1.98. The number of phenols is 1. The number of hydrogen-bond acceptors (Lipinski definition) is 5. The summed E-state index contributed by atoms with van der Waals surface area (Å²) in [5, 5.41) is 21.6. The third kappa shape index (κ3) is 4.05. The van der Waals surface area contributed by atoms with E-state index in [1.807, 2.05) is 6.07 Å². The molecule has 6 nitrogen and oxygen atoms in total. The van der Waals surface area contributed by atoms with Crippen LogP contribution in [-0.2, 0) is 4.79 Å². The first-order valence-corrected chi connectivity index (χ1v) is 7.01. The van der Waals surface area contributed by atoms with E-state index in [1.54, 1.807) is 43.5 Å². The van der Waals surface area contributed by atoms with Crippen LogP contribution in [0.25, 0.3) is 6.08 Å². The van der Waals surface area contributed by atoms with Gasteiger partial charge >= 0.3 is 0 Å². The third-order valence-electron chi connectivity index (χ3n) is 3.23. The van der Waals surface area contributed by atoms with Crippen LogP contribution in [0.4, 0.5) is 5.69 Å². The number of carbonyl (C=O) groups excluding carboxylic acids is 1. The molecule has 0 spiro atoms. The highest BCUT2D eigenvalue weighted by Crippen LogP contribution is 2.27. The number of methoxy groups -OCH3 is 2. The van der Waals surface area contributed by atoms with Crippen LogP contribution in [0.2, 0.25) is 0 Å². The molecule has 6 heteroatoms. The normalized spacial score (nSPS) is 10.6. The zero-order valence-electron chi connectivity index (χ0n) is 13.2. The van der Waals surface area contributed by atoms with E-state index < -0.39 is 5.91 Å². The standard InChI is InChI=1S/C18H16N2O4/c1-23-15-6-4-14(5-7-15)20-18(22)13(11-19)9-12-3-8-17(24-2)16(21)10-12/h3-10,21H,1-2H3,(H,20,22)/b13-9+. The van der Waals surface area contributed by atoms with E-state index in [-0.39, 0.29) is 11.3 Å². The first-order chi connectivity index (χ1) is 11.6. The van der Waals surface area contributed by atoms with Gasteiger partial charge in [-0.05, 0) is 48.0 Å². The number of aromatic hydroxyl groups is 1. The summed E-state index contributed by atoms with van der Waals surface area (Å²) in [6.45, 7) is 0. The highest BCUT2D eigenvalue weighted by atomic mass is 16.5. The maximum atomic E-state index is 12.2. The van der Waals surface area contributed by atoms with Gasteiger partial charge in [0.1, 0.15) is 17.4 Å². The minimum absolute atomic E-state index is 0.0703. The summed E-state index contributed by atoms with van der Waals surface area (Å²) < 4.78 is 9.99. The lowest BCUT2D eigenvalue weighted by molar-refractivity contribution is -0.112. The minimum Gasteiger partial charge on any atom is -0.504 e. The first-order valence-electron chi connectivity index (χ1n) is 7.01. The molecule has 2 aromatic rings. The lowest BCUT2D eigenvalue weighted by atomic mass is 10.1. The van der Waals surface area contributed by atoms with E-state index >= 15 is 0 Å². The van der Waals surface area contributed by atoms with Crippen LogP contribution in [0.15, 0.2) is 48.0 Å². The smallest absolute Gasteiger partial charge is 0.266 e. The molecular formula is C18H16N2O4. The van der Waals surface area contributed by atoms with Gasteiger partial charge in [-0.15, -0.1) is 0 Å². The maximum absolute atomic E-state index is 12.2. The molecule has 24 heavy (non-hydrogen) atoms. The van der Waals surface area contributed by atoms with Gasteiger partial charge in [-0.2, -0.15) is 5.26 Å². The second-order valence-corrected chi connectivity index (χ2v) is 4.78. The Morgan fingerprint density at radius 1 is 1.17 bits per heavy atom. The molecule has 0 unspecified atom stereocenters. The predicted octanol–water partition coefficient (Wildman–Crippen LogP) is 2.96. The van der Waals surface area contributed by atoms with Crippen molar-refractivity contribution in [2.24, 2.45) is 0 Å². The van der Waals surface area contributed by atoms with Crippen LogP contribution in [-0.4, -0.2) is 25.2 Å². The molecule has 2 N–H and O–H groups in total. The zero-order chi connectivity index (χ0) is 17.5. The van der Waals surface area contributed by atoms with Crippen molar-refractivity contribution in [2.45, 2.75) is 0 Å². The van der Waals surface area contributed by atoms with E-state index in [9.17, 15) is 15.2 Å². The van der Waals surface area contributed by atoms with Gasteiger partial charge in [0.05, 0.1) is 14.2 Å². The number of benzene rings is 2. The molecule has 0 saturated heterocycles. The van der Waals surface area contributed by atoms with Crippen molar-refractivity contribution in [1.29, 1.82) is 5.26 Å². The summed E-state index contributed by atoms with van der Waals surface area (Å²) in [5.41, 5.74) is 0.963. The van der Waals surface area contributed by atoms with Gasteiger partial charge in [-0.1, -0.05) is 6.07 Å². The molecule has 0 bridgehead atoms. The number of hydrogen-bond donors (Lipinski definition) is 2. The SMILES string of the molecule is COc1ccc(NC(=O)/C(C#N)=C/c2ccc(OC)c(O)c2)cc1. The molecule has 0 heterocycles. The van der Waals surface area contributed by atoms with Crippen molar-refractivity contribution in [1.82, 2.24) is 0 Å². The number of carbonyl (C=O) groups is 1. The lowest BCUT2D eigenvalue weighted by Crippen LogP contribution is -2.13. The Morgan fingerprint density at radius 3 is 2.42 bits per heavy atom. The van der Waals surface area contributed by atoms with Crippen LogP contribution >= 0.6 is 0 Å². The van der Waals surface area contributed by atoms with Crippen molar-refractivity contribution in [3.05, 3.63) is 53.6 Å². The summed E-state index contributed by atoms with van der Waals surface area (Å²) in [4.78, 5) is 12.2. The Kier molecular flexibility index (Phi) is 5.42. The van der Waals surface area contributed by atoms with Gasteiger partial charge in [0.25, 0.3) is 5.91 Å². The van der Waals surface area contributed by atoms with Crippen molar-refractivity contribution in [2.75, 3.05) is 19.5 Å². The number of nitrogens with one attached hydrogen (secondary N) is 1. The molecule has 0 atom stereocenters. The molecule has 0 fully saturated rings. The number of phenolic OH excluding ortho intramolecular Hbond substituents is 1. The highest BCUT2D eigenvalue weighted by molar-refractivity contribution is 6.09. The Bertz CT molecular complexity index is 805. The average molecular weight is 324 g/mol.